The summed E-state index contributed by atoms with van der Waals surface area (Å²) in [4.78, 5) is 25.8. The molecule has 2 aliphatic rings. The minimum absolute atomic E-state index is 0.0176. The quantitative estimate of drug-likeness (QED) is 0.772. The van der Waals surface area contributed by atoms with Crippen LogP contribution in [0, 0.1) is 0 Å². The van der Waals surface area contributed by atoms with Crippen LogP contribution in [0.15, 0.2) is 24.3 Å². The highest BCUT2D eigenvalue weighted by atomic mass is 32.1. The maximum Gasteiger partial charge on any atom is 0.238 e. The van der Waals surface area contributed by atoms with E-state index in [2.05, 4.69) is 20.4 Å². The van der Waals surface area contributed by atoms with Crippen molar-refractivity contribution in [3.8, 4) is 0 Å². The van der Waals surface area contributed by atoms with Crippen LogP contribution >= 0.6 is 11.3 Å². The summed E-state index contributed by atoms with van der Waals surface area (Å²) < 4.78 is 0. The van der Waals surface area contributed by atoms with Gasteiger partial charge >= 0.3 is 0 Å². The molecule has 1 saturated carbocycles. The molecule has 7 heteroatoms. The summed E-state index contributed by atoms with van der Waals surface area (Å²) in [6.45, 7) is 3.73. The zero-order chi connectivity index (χ0) is 18.8. The number of nitrogens with one attached hydrogen (secondary N) is 1. The van der Waals surface area contributed by atoms with Crippen LogP contribution in [0.2, 0.25) is 0 Å². The normalized spacial score (nSPS) is 18.4. The molecule has 1 N–H and O–H groups in total. The van der Waals surface area contributed by atoms with E-state index in [4.69, 9.17) is 0 Å². The summed E-state index contributed by atoms with van der Waals surface area (Å²) in [7, 11) is 0. The summed E-state index contributed by atoms with van der Waals surface area (Å²) in [6, 6.07) is 7.02. The lowest BCUT2D eigenvalue weighted by molar-refractivity contribution is -0.117. The molecular formula is C20H24N4O2S. The van der Waals surface area contributed by atoms with Gasteiger partial charge in [0, 0.05) is 23.1 Å². The Bertz CT molecular complexity index is 821. The molecule has 2 heterocycles. The van der Waals surface area contributed by atoms with Crippen molar-refractivity contribution >= 4 is 28.7 Å². The average Bonchev–Trinajstić information content (AvgIpc) is 3.40. The summed E-state index contributed by atoms with van der Waals surface area (Å²) >= 11 is 1.79. The van der Waals surface area contributed by atoms with Crippen molar-refractivity contribution in [2.24, 2.45) is 0 Å². The number of aromatic nitrogens is 2. The first kappa shape index (κ1) is 18.3. The van der Waals surface area contributed by atoms with E-state index in [1.165, 1.54) is 29.8 Å². The second kappa shape index (κ2) is 7.86. The van der Waals surface area contributed by atoms with Crippen molar-refractivity contribution in [2.75, 3.05) is 25.0 Å². The molecule has 1 aliphatic heterocycles. The van der Waals surface area contributed by atoms with E-state index in [1.54, 1.807) is 35.6 Å². The number of hydrogen-bond donors (Lipinski definition) is 1. The summed E-state index contributed by atoms with van der Waals surface area (Å²) in [5, 5.41) is 14.1. The Balaban J connectivity index is 1.24. The number of ketones is 1. The zero-order valence-electron chi connectivity index (χ0n) is 15.5. The largest absolute Gasteiger partial charge is 0.325 e. The number of likely N-dealkylation sites (tertiary alicyclic amines) is 1. The summed E-state index contributed by atoms with van der Waals surface area (Å²) in [5.41, 5.74) is 1.37. The van der Waals surface area contributed by atoms with Crippen LogP contribution in [0.3, 0.4) is 0 Å². The molecule has 0 unspecified atom stereocenters. The zero-order valence-corrected chi connectivity index (χ0v) is 16.3. The number of piperidine rings is 1. The molecule has 1 aromatic carbocycles. The first-order valence-corrected chi connectivity index (χ1v) is 10.4. The second-order valence-corrected chi connectivity index (χ2v) is 8.53. The van der Waals surface area contributed by atoms with E-state index in [-0.39, 0.29) is 11.7 Å². The number of carbonyl (C=O) groups is 2. The third kappa shape index (κ3) is 4.59. The summed E-state index contributed by atoms with van der Waals surface area (Å²) in [6.07, 6.45) is 4.58. The van der Waals surface area contributed by atoms with E-state index < -0.39 is 0 Å². The molecule has 0 radical (unpaired) electrons. The smallest absolute Gasteiger partial charge is 0.238 e. The van der Waals surface area contributed by atoms with Gasteiger partial charge in [-0.2, -0.15) is 0 Å². The SMILES string of the molecule is CC(=O)c1ccc(NC(=O)CN2CCC(c3nnc(C4CC4)s3)CC2)cc1. The third-order valence-corrected chi connectivity index (χ3v) is 6.51. The van der Waals surface area contributed by atoms with E-state index in [9.17, 15) is 9.59 Å². The third-order valence-electron chi connectivity index (χ3n) is 5.26. The molecule has 0 bridgehead atoms. The van der Waals surface area contributed by atoms with Crippen LogP contribution < -0.4 is 5.32 Å². The first-order chi connectivity index (χ1) is 13.1. The first-order valence-electron chi connectivity index (χ1n) is 9.55. The molecular weight excluding hydrogens is 360 g/mol. The minimum Gasteiger partial charge on any atom is -0.325 e. The van der Waals surface area contributed by atoms with Gasteiger partial charge in [-0.15, -0.1) is 21.5 Å². The van der Waals surface area contributed by atoms with Crippen molar-refractivity contribution in [1.82, 2.24) is 15.1 Å². The topological polar surface area (TPSA) is 75.2 Å². The Hall–Kier alpha value is -2.12. The van der Waals surface area contributed by atoms with Crippen LogP contribution in [0.5, 0.6) is 0 Å². The second-order valence-electron chi connectivity index (χ2n) is 7.48. The molecule has 1 amide bonds. The van der Waals surface area contributed by atoms with Crippen molar-refractivity contribution in [1.29, 1.82) is 0 Å². The highest BCUT2D eigenvalue weighted by Gasteiger charge is 2.30. The van der Waals surface area contributed by atoms with Crippen molar-refractivity contribution in [3.63, 3.8) is 0 Å². The predicted molar refractivity (Wildman–Crippen MR) is 105 cm³/mol. The average molecular weight is 385 g/mol. The van der Waals surface area contributed by atoms with Gasteiger partial charge in [-0.05, 0) is 70.0 Å². The van der Waals surface area contributed by atoms with Gasteiger partial charge < -0.3 is 5.32 Å². The molecule has 1 aliphatic carbocycles. The monoisotopic (exact) mass is 384 g/mol. The maximum absolute atomic E-state index is 12.3. The molecule has 0 atom stereocenters. The van der Waals surface area contributed by atoms with E-state index in [1.807, 2.05) is 0 Å². The van der Waals surface area contributed by atoms with Crippen molar-refractivity contribution < 1.29 is 9.59 Å². The van der Waals surface area contributed by atoms with Crippen LogP contribution in [0.25, 0.3) is 0 Å². The summed E-state index contributed by atoms with van der Waals surface area (Å²) in [5.74, 6) is 1.16. The number of benzene rings is 1. The van der Waals surface area contributed by atoms with Gasteiger partial charge in [-0.1, -0.05) is 0 Å². The Labute approximate surface area is 163 Å². The lowest BCUT2D eigenvalue weighted by Crippen LogP contribution is -2.38. The van der Waals surface area contributed by atoms with Crippen LogP contribution in [0.1, 0.15) is 64.8 Å². The lowest BCUT2D eigenvalue weighted by Gasteiger charge is -2.30. The fourth-order valence-corrected chi connectivity index (χ4v) is 4.62. The van der Waals surface area contributed by atoms with E-state index >= 15 is 0 Å². The van der Waals surface area contributed by atoms with Gasteiger partial charge in [0.05, 0.1) is 6.54 Å². The number of nitrogens with zero attached hydrogens (tertiary/aromatic N) is 3. The van der Waals surface area contributed by atoms with Gasteiger partial charge in [0.15, 0.2) is 5.78 Å². The lowest BCUT2D eigenvalue weighted by atomic mass is 9.98. The number of Topliss-reactive ketones (excluding diaryl/α,β-unsaturated/α-hetero) is 1. The number of carbonyl (C=O) groups excluding carboxylic acids is 2. The van der Waals surface area contributed by atoms with Crippen LogP contribution in [-0.4, -0.2) is 46.4 Å². The molecule has 2 aromatic rings. The van der Waals surface area contributed by atoms with E-state index in [0.717, 1.165) is 31.6 Å². The molecule has 0 spiro atoms. The Morgan fingerprint density at radius 3 is 2.19 bits per heavy atom. The van der Waals surface area contributed by atoms with E-state index in [0.29, 0.717) is 23.9 Å². The van der Waals surface area contributed by atoms with Crippen molar-refractivity contribution in [3.05, 3.63) is 39.8 Å². The molecule has 4 rings (SSSR count). The Morgan fingerprint density at radius 2 is 1.63 bits per heavy atom. The van der Waals surface area contributed by atoms with Gasteiger partial charge in [0.1, 0.15) is 10.0 Å². The highest BCUT2D eigenvalue weighted by molar-refractivity contribution is 7.11. The Kier molecular flexibility index (Phi) is 5.31. The standard InChI is InChI=1S/C20H24N4O2S/c1-13(25)14-4-6-17(7-5-14)21-18(26)12-24-10-8-16(9-11-24)20-23-22-19(27-20)15-2-3-15/h4-7,15-16H,2-3,8-12H2,1H3,(H,21,26). The minimum atomic E-state index is -0.0176. The maximum atomic E-state index is 12.3. The predicted octanol–water partition coefficient (Wildman–Crippen LogP) is 3.44. The van der Waals surface area contributed by atoms with Crippen LogP contribution in [-0.2, 0) is 4.79 Å². The van der Waals surface area contributed by atoms with Gasteiger partial charge in [-0.25, -0.2) is 0 Å². The molecule has 1 aromatic heterocycles. The molecule has 142 valence electrons. The number of anilines is 1. The van der Waals surface area contributed by atoms with Gasteiger partial charge in [-0.3, -0.25) is 14.5 Å². The number of amides is 1. The van der Waals surface area contributed by atoms with Gasteiger partial charge in [0.2, 0.25) is 5.91 Å². The molecule has 27 heavy (non-hydrogen) atoms. The molecule has 1 saturated heterocycles. The fourth-order valence-electron chi connectivity index (χ4n) is 3.44. The fraction of sp³-hybridized carbons (Fsp3) is 0.500. The van der Waals surface area contributed by atoms with Crippen LogP contribution in [0.4, 0.5) is 5.69 Å². The highest BCUT2D eigenvalue weighted by Crippen LogP contribution is 2.43. The molecule has 6 nitrogen and oxygen atoms in total. The number of hydrogen-bond acceptors (Lipinski definition) is 6. The van der Waals surface area contributed by atoms with Gasteiger partial charge in [0.25, 0.3) is 0 Å². The van der Waals surface area contributed by atoms with Crippen molar-refractivity contribution in [2.45, 2.75) is 44.4 Å². The molecule has 2 fully saturated rings. The number of rotatable bonds is 6. The Morgan fingerprint density at radius 1 is 1.04 bits per heavy atom.